The van der Waals surface area contributed by atoms with Crippen molar-refractivity contribution in [1.82, 2.24) is 4.98 Å². The molecule has 1 N–H and O–H groups in total. The van der Waals surface area contributed by atoms with Gasteiger partial charge in [0.05, 0.1) is 10.6 Å². The van der Waals surface area contributed by atoms with E-state index in [0.29, 0.717) is 21.9 Å². The fourth-order valence-electron chi connectivity index (χ4n) is 2.74. The molecule has 0 amide bonds. The maximum absolute atomic E-state index is 11.3. The highest BCUT2D eigenvalue weighted by Gasteiger charge is 2.11. The van der Waals surface area contributed by atoms with Gasteiger partial charge >= 0.3 is 5.63 Å². The van der Waals surface area contributed by atoms with E-state index in [4.69, 9.17) is 4.42 Å². The first-order valence-electron chi connectivity index (χ1n) is 8.65. The normalized spacial score (nSPS) is 11.2. The zero-order valence-corrected chi connectivity index (χ0v) is 16.1. The molecule has 146 valence electrons. The molecule has 2 aromatic heterocycles. The third kappa shape index (κ3) is 3.94. The van der Waals surface area contributed by atoms with Crippen LogP contribution in [0.25, 0.3) is 27.8 Å². The Labute approximate surface area is 173 Å². The summed E-state index contributed by atoms with van der Waals surface area (Å²) in [5, 5.41) is 26.4. The summed E-state index contributed by atoms with van der Waals surface area (Å²) >= 11 is 1.30. The molecule has 2 heterocycles. The average molecular weight is 416 g/mol. The van der Waals surface area contributed by atoms with Gasteiger partial charge in [0.25, 0.3) is 5.69 Å². The van der Waals surface area contributed by atoms with E-state index in [2.05, 4.69) is 16.4 Å². The Balaban J connectivity index is 1.56. The van der Waals surface area contributed by atoms with Gasteiger partial charge in [0, 0.05) is 46.4 Å². The quantitative estimate of drug-likeness (QED) is 0.214. The molecule has 0 aliphatic rings. The number of benzene rings is 2. The maximum Gasteiger partial charge on any atom is 0.336 e. The van der Waals surface area contributed by atoms with Crippen LogP contribution in [0.15, 0.2) is 75.4 Å². The predicted molar refractivity (Wildman–Crippen MR) is 114 cm³/mol. The number of nitro groups is 1. The summed E-state index contributed by atoms with van der Waals surface area (Å²) in [6.45, 7) is 0. The second kappa shape index (κ2) is 7.98. The molecule has 0 fully saturated rings. The van der Waals surface area contributed by atoms with Crippen LogP contribution in [0.1, 0.15) is 5.01 Å². The molecule has 4 aromatic rings. The molecule has 0 atom stereocenters. The lowest BCUT2D eigenvalue weighted by atomic mass is 10.1. The van der Waals surface area contributed by atoms with Gasteiger partial charge < -0.3 is 9.73 Å². The van der Waals surface area contributed by atoms with Gasteiger partial charge in [-0.15, -0.1) is 11.3 Å². The molecule has 0 bridgehead atoms. The van der Waals surface area contributed by atoms with Crippen LogP contribution in [0, 0.1) is 21.4 Å². The minimum Gasteiger partial charge on any atom is -0.423 e. The smallest absolute Gasteiger partial charge is 0.336 e. The summed E-state index contributed by atoms with van der Waals surface area (Å²) in [7, 11) is 0. The molecule has 8 nitrogen and oxygen atoms in total. The number of rotatable bonds is 5. The van der Waals surface area contributed by atoms with Crippen LogP contribution in [0.5, 0.6) is 0 Å². The van der Waals surface area contributed by atoms with E-state index in [9.17, 15) is 20.2 Å². The standard InChI is InChI=1S/C21H12N4O4S/c22-10-15(11-23-16-4-7-19-14(9-16)3-8-20(26)29-19)21-24-18(12-30-21)13-1-5-17(6-2-13)25(27)28/h1-9,11-12,23H/b15-11+. The Morgan fingerprint density at radius 1 is 1.20 bits per heavy atom. The van der Waals surface area contributed by atoms with Crippen molar-refractivity contribution in [3.63, 3.8) is 0 Å². The molecule has 30 heavy (non-hydrogen) atoms. The summed E-state index contributed by atoms with van der Waals surface area (Å²) < 4.78 is 5.10. The Morgan fingerprint density at radius 3 is 2.73 bits per heavy atom. The maximum atomic E-state index is 11.3. The highest BCUT2D eigenvalue weighted by Crippen LogP contribution is 2.27. The van der Waals surface area contributed by atoms with E-state index in [-0.39, 0.29) is 5.69 Å². The first kappa shape index (κ1) is 19.0. The number of hydrogen-bond acceptors (Lipinski definition) is 8. The van der Waals surface area contributed by atoms with E-state index in [1.165, 1.54) is 29.5 Å². The Bertz CT molecular complexity index is 1380. The number of nitro benzene ring substituents is 1. The fourth-order valence-corrected chi connectivity index (χ4v) is 3.54. The van der Waals surface area contributed by atoms with Gasteiger partial charge in [0.2, 0.25) is 0 Å². The summed E-state index contributed by atoms with van der Waals surface area (Å²) in [4.78, 5) is 26.1. The van der Waals surface area contributed by atoms with E-state index in [0.717, 1.165) is 16.6 Å². The van der Waals surface area contributed by atoms with Gasteiger partial charge in [-0.1, -0.05) is 0 Å². The molecule has 0 radical (unpaired) electrons. The zero-order chi connectivity index (χ0) is 21.1. The summed E-state index contributed by atoms with van der Waals surface area (Å²) in [6, 6.07) is 16.4. The van der Waals surface area contributed by atoms with Crippen LogP contribution in [-0.2, 0) is 0 Å². The number of allylic oxidation sites excluding steroid dienone is 1. The Hall–Kier alpha value is -4.29. The second-order valence-electron chi connectivity index (χ2n) is 6.16. The van der Waals surface area contributed by atoms with Crippen molar-refractivity contribution >= 4 is 39.3 Å². The van der Waals surface area contributed by atoms with Gasteiger partial charge in [-0.25, -0.2) is 9.78 Å². The summed E-state index contributed by atoms with van der Waals surface area (Å²) in [6.07, 6.45) is 1.55. The van der Waals surface area contributed by atoms with E-state index in [1.54, 1.807) is 48.0 Å². The predicted octanol–water partition coefficient (Wildman–Crippen LogP) is 4.80. The topological polar surface area (TPSA) is 122 Å². The molecular formula is C21H12N4O4S. The van der Waals surface area contributed by atoms with Gasteiger partial charge in [-0.2, -0.15) is 5.26 Å². The molecule has 0 aliphatic heterocycles. The lowest BCUT2D eigenvalue weighted by Gasteiger charge is -2.03. The number of fused-ring (bicyclic) bond motifs is 1. The monoisotopic (exact) mass is 416 g/mol. The van der Waals surface area contributed by atoms with Crippen LogP contribution in [0.2, 0.25) is 0 Å². The van der Waals surface area contributed by atoms with Gasteiger partial charge in [-0.05, 0) is 36.4 Å². The van der Waals surface area contributed by atoms with Crippen molar-refractivity contribution in [3.8, 4) is 17.3 Å². The van der Waals surface area contributed by atoms with Crippen molar-refractivity contribution in [2.45, 2.75) is 0 Å². The van der Waals surface area contributed by atoms with Crippen LogP contribution in [0.3, 0.4) is 0 Å². The average Bonchev–Trinajstić information content (AvgIpc) is 3.24. The van der Waals surface area contributed by atoms with Crippen LogP contribution in [0.4, 0.5) is 11.4 Å². The first-order chi connectivity index (χ1) is 14.5. The van der Waals surface area contributed by atoms with Gasteiger partial charge in [0.15, 0.2) is 0 Å². The molecular weight excluding hydrogens is 404 g/mol. The van der Waals surface area contributed by atoms with Crippen molar-refractivity contribution in [1.29, 1.82) is 5.26 Å². The number of non-ortho nitro benzene ring substituents is 1. The molecule has 0 saturated heterocycles. The third-order valence-corrected chi connectivity index (χ3v) is 5.11. The number of nitrogens with zero attached hydrogens (tertiary/aromatic N) is 3. The van der Waals surface area contributed by atoms with Crippen LogP contribution >= 0.6 is 11.3 Å². The fraction of sp³-hybridized carbons (Fsp3) is 0. The van der Waals surface area contributed by atoms with Crippen molar-refractivity contribution in [2.75, 3.05) is 5.32 Å². The minimum atomic E-state index is -0.459. The van der Waals surface area contributed by atoms with E-state index < -0.39 is 10.5 Å². The zero-order valence-electron chi connectivity index (χ0n) is 15.2. The number of hydrogen-bond donors (Lipinski definition) is 1. The van der Waals surface area contributed by atoms with Crippen LogP contribution < -0.4 is 10.9 Å². The molecule has 0 spiro atoms. The number of nitrogens with one attached hydrogen (secondary N) is 1. The van der Waals surface area contributed by atoms with Gasteiger partial charge in [-0.3, -0.25) is 10.1 Å². The first-order valence-corrected chi connectivity index (χ1v) is 9.53. The van der Waals surface area contributed by atoms with Crippen molar-refractivity contribution < 1.29 is 9.34 Å². The highest BCUT2D eigenvalue weighted by molar-refractivity contribution is 7.11. The molecule has 2 aromatic carbocycles. The lowest BCUT2D eigenvalue weighted by Crippen LogP contribution is -1.95. The highest BCUT2D eigenvalue weighted by atomic mass is 32.1. The Morgan fingerprint density at radius 2 is 2.00 bits per heavy atom. The van der Waals surface area contributed by atoms with Crippen LogP contribution in [-0.4, -0.2) is 9.91 Å². The Kier molecular flexibility index (Phi) is 5.07. The SMILES string of the molecule is N#C/C(=C\Nc1ccc2oc(=O)ccc2c1)c1nc(-c2ccc([N+](=O)[O-])cc2)cs1. The molecule has 9 heteroatoms. The second-order valence-corrected chi connectivity index (χ2v) is 7.02. The number of nitriles is 1. The molecule has 0 aliphatic carbocycles. The molecule has 0 unspecified atom stereocenters. The number of anilines is 1. The summed E-state index contributed by atoms with van der Waals surface area (Å²) in [5.41, 5.74) is 2.48. The minimum absolute atomic E-state index is 0.00525. The number of aromatic nitrogens is 1. The molecule has 4 rings (SSSR count). The van der Waals surface area contributed by atoms with Crippen molar-refractivity contribution in [2.24, 2.45) is 0 Å². The number of thiazole rings is 1. The van der Waals surface area contributed by atoms with Gasteiger partial charge in [0.1, 0.15) is 22.2 Å². The lowest BCUT2D eigenvalue weighted by molar-refractivity contribution is -0.384. The summed E-state index contributed by atoms with van der Waals surface area (Å²) in [5.74, 6) is 0. The largest absolute Gasteiger partial charge is 0.423 e. The van der Waals surface area contributed by atoms with Crippen molar-refractivity contribution in [3.05, 3.63) is 91.7 Å². The van der Waals surface area contributed by atoms with E-state index >= 15 is 0 Å². The third-order valence-electron chi connectivity index (χ3n) is 4.23. The van der Waals surface area contributed by atoms with E-state index in [1.807, 2.05) is 0 Å². The molecule has 0 saturated carbocycles.